The smallest absolute Gasteiger partial charge is 0.0761 e. The Hall–Kier alpha value is -2.53. The molecule has 1 aromatic carbocycles. The molecule has 3 heterocycles. The predicted octanol–water partition coefficient (Wildman–Crippen LogP) is 3.51. The lowest BCUT2D eigenvalue weighted by Gasteiger charge is -2.24. The van der Waals surface area contributed by atoms with Gasteiger partial charge in [0.15, 0.2) is 0 Å². The van der Waals surface area contributed by atoms with Gasteiger partial charge in [-0.2, -0.15) is 5.10 Å². The van der Waals surface area contributed by atoms with E-state index in [9.17, 15) is 0 Å². The topological polar surface area (TPSA) is 57.7 Å². The molecule has 0 radical (unpaired) electrons. The highest BCUT2D eigenvalue weighted by Crippen LogP contribution is 2.33. The lowest BCUT2D eigenvalue weighted by molar-refractivity contribution is 0.244. The second kappa shape index (κ2) is 6.53. The van der Waals surface area contributed by atoms with Crippen LogP contribution in [-0.4, -0.2) is 31.6 Å². The molecule has 0 amide bonds. The van der Waals surface area contributed by atoms with E-state index in [1.165, 1.54) is 17.5 Å². The zero-order valence-electron chi connectivity index (χ0n) is 13.8. The van der Waals surface area contributed by atoms with Crippen LogP contribution in [0, 0.1) is 6.92 Å². The van der Waals surface area contributed by atoms with Crippen LogP contribution in [0.25, 0.3) is 11.3 Å². The number of aromatic amines is 1. The Labute approximate surface area is 141 Å². The van der Waals surface area contributed by atoms with E-state index in [2.05, 4.69) is 49.3 Å². The van der Waals surface area contributed by atoms with Crippen LogP contribution in [0.2, 0.25) is 0 Å². The Balaban J connectivity index is 1.58. The Bertz CT molecular complexity index is 811. The normalized spacial score (nSPS) is 18.1. The maximum atomic E-state index is 4.69. The van der Waals surface area contributed by atoms with E-state index in [0.29, 0.717) is 6.04 Å². The molecule has 1 aliphatic rings. The molecule has 0 spiro atoms. The minimum atomic E-state index is 0.343. The van der Waals surface area contributed by atoms with Gasteiger partial charge >= 0.3 is 0 Å². The van der Waals surface area contributed by atoms with E-state index in [4.69, 9.17) is 0 Å². The molecular formula is C19H21N5. The van der Waals surface area contributed by atoms with Crippen LogP contribution in [0.1, 0.15) is 35.8 Å². The third kappa shape index (κ3) is 2.95. The number of benzene rings is 1. The number of likely N-dealkylation sites (tertiary alicyclic amines) is 1. The maximum Gasteiger partial charge on any atom is 0.0761 e. The van der Waals surface area contributed by atoms with E-state index >= 15 is 0 Å². The van der Waals surface area contributed by atoms with Crippen molar-refractivity contribution in [3.05, 3.63) is 65.9 Å². The van der Waals surface area contributed by atoms with Crippen LogP contribution in [0.3, 0.4) is 0 Å². The first kappa shape index (κ1) is 15.0. The Kier molecular flexibility index (Phi) is 4.09. The van der Waals surface area contributed by atoms with E-state index in [0.717, 1.165) is 36.6 Å². The number of H-pyrrole nitrogens is 1. The molecule has 3 aromatic rings. The van der Waals surface area contributed by atoms with Crippen molar-refractivity contribution < 1.29 is 0 Å². The van der Waals surface area contributed by atoms with Crippen molar-refractivity contribution in [3.8, 4) is 11.3 Å². The second-order valence-corrected chi connectivity index (χ2v) is 6.35. The molecule has 1 N–H and O–H groups in total. The van der Waals surface area contributed by atoms with Crippen molar-refractivity contribution in [1.82, 2.24) is 25.1 Å². The largest absolute Gasteiger partial charge is 0.290 e. The summed E-state index contributed by atoms with van der Waals surface area (Å²) in [5.41, 5.74) is 5.58. The lowest BCUT2D eigenvalue weighted by Crippen LogP contribution is -2.23. The first-order chi connectivity index (χ1) is 11.8. The third-order valence-electron chi connectivity index (χ3n) is 4.63. The highest BCUT2D eigenvalue weighted by molar-refractivity contribution is 5.62. The van der Waals surface area contributed by atoms with Crippen molar-refractivity contribution in [2.24, 2.45) is 0 Å². The number of rotatable bonds is 4. The molecule has 5 nitrogen and oxygen atoms in total. The minimum absolute atomic E-state index is 0.343. The molecule has 1 aliphatic heterocycles. The Morgan fingerprint density at radius 2 is 2.04 bits per heavy atom. The quantitative estimate of drug-likeness (QED) is 0.799. The van der Waals surface area contributed by atoms with Gasteiger partial charge in [-0.3, -0.25) is 20.0 Å². The lowest BCUT2D eigenvalue weighted by atomic mass is 10.1. The summed E-state index contributed by atoms with van der Waals surface area (Å²) in [6.45, 7) is 3.96. The van der Waals surface area contributed by atoms with Gasteiger partial charge in [0, 0.05) is 24.5 Å². The first-order valence-electron chi connectivity index (χ1n) is 8.41. The van der Waals surface area contributed by atoms with Crippen LogP contribution in [0.15, 0.2) is 48.9 Å². The predicted molar refractivity (Wildman–Crippen MR) is 93.2 cm³/mol. The average Bonchev–Trinajstić information content (AvgIpc) is 3.25. The molecule has 0 bridgehead atoms. The molecule has 0 unspecified atom stereocenters. The van der Waals surface area contributed by atoms with E-state index < -0.39 is 0 Å². The average molecular weight is 319 g/mol. The molecule has 1 fully saturated rings. The summed E-state index contributed by atoms with van der Waals surface area (Å²) in [5, 5.41) is 7.43. The third-order valence-corrected chi connectivity index (χ3v) is 4.63. The summed E-state index contributed by atoms with van der Waals surface area (Å²) in [6, 6.07) is 10.7. The number of aromatic nitrogens is 4. The van der Waals surface area contributed by atoms with Gasteiger partial charge < -0.3 is 0 Å². The maximum absolute atomic E-state index is 4.69. The fraction of sp³-hybridized carbons (Fsp3) is 0.316. The molecule has 1 saturated heterocycles. The van der Waals surface area contributed by atoms with Crippen LogP contribution in [-0.2, 0) is 6.54 Å². The van der Waals surface area contributed by atoms with Gasteiger partial charge in [0.2, 0.25) is 0 Å². The van der Waals surface area contributed by atoms with Gasteiger partial charge in [0.05, 0.1) is 29.3 Å². The van der Waals surface area contributed by atoms with Crippen LogP contribution in [0.4, 0.5) is 0 Å². The molecule has 2 aromatic heterocycles. The van der Waals surface area contributed by atoms with Gasteiger partial charge in [-0.05, 0) is 31.9 Å². The second-order valence-electron chi connectivity index (χ2n) is 6.35. The summed E-state index contributed by atoms with van der Waals surface area (Å²) in [7, 11) is 0. The van der Waals surface area contributed by atoms with Crippen molar-refractivity contribution in [2.45, 2.75) is 32.4 Å². The molecule has 0 saturated carbocycles. The fourth-order valence-electron chi connectivity index (χ4n) is 3.50. The van der Waals surface area contributed by atoms with Gasteiger partial charge in [-0.1, -0.05) is 30.3 Å². The monoisotopic (exact) mass is 319 g/mol. The number of aryl methyl sites for hydroxylation is 1. The van der Waals surface area contributed by atoms with E-state index in [1.54, 1.807) is 0 Å². The molecule has 4 rings (SSSR count). The highest BCUT2D eigenvalue weighted by Gasteiger charge is 2.28. The number of nitrogens with zero attached hydrogens (tertiary/aromatic N) is 4. The van der Waals surface area contributed by atoms with Crippen LogP contribution < -0.4 is 0 Å². The van der Waals surface area contributed by atoms with Crippen LogP contribution >= 0.6 is 0 Å². The van der Waals surface area contributed by atoms with E-state index in [-0.39, 0.29) is 0 Å². The zero-order valence-corrected chi connectivity index (χ0v) is 13.8. The summed E-state index contributed by atoms with van der Waals surface area (Å²) < 4.78 is 0. The van der Waals surface area contributed by atoms with Gasteiger partial charge in [0.25, 0.3) is 0 Å². The van der Waals surface area contributed by atoms with Gasteiger partial charge in [-0.15, -0.1) is 0 Å². The van der Waals surface area contributed by atoms with Crippen molar-refractivity contribution in [1.29, 1.82) is 0 Å². The summed E-state index contributed by atoms with van der Waals surface area (Å²) in [4.78, 5) is 11.5. The summed E-state index contributed by atoms with van der Waals surface area (Å²) in [6.07, 6.45) is 7.99. The van der Waals surface area contributed by atoms with E-state index in [1.807, 2.05) is 31.6 Å². The fourth-order valence-corrected chi connectivity index (χ4v) is 3.50. The highest BCUT2D eigenvalue weighted by atomic mass is 15.2. The van der Waals surface area contributed by atoms with Crippen LogP contribution in [0.5, 0.6) is 0 Å². The Morgan fingerprint density at radius 1 is 1.17 bits per heavy atom. The van der Waals surface area contributed by atoms with Gasteiger partial charge in [-0.25, -0.2) is 0 Å². The molecular weight excluding hydrogens is 298 g/mol. The zero-order chi connectivity index (χ0) is 16.4. The number of nitrogens with one attached hydrogen (secondary N) is 1. The first-order valence-corrected chi connectivity index (χ1v) is 8.41. The molecule has 24 heavy (non-hydrogen) atoms. The summed E-state index contributed by atoms with van der Waals surface area (Å²) in [5.74, 6) is 0. The van der Waals surface area contributed by atoms with Crippen molar-refractivity contribution in [3.63, 3.8) is 0 Å². The number of hydrogen-bond acceptors (Lipinski definition) is 4. The SMILES string of the molecule is Cc1cncc([C@@H]2CCCN2Cc2cn[nH]c2-c2ccccc2)n1. The standard InChI is InChI=1S/C19H21N5/c1-14-10-20-12-17(22-14)18-8-5-9-24(18)13-16-11-21-23-19(16)15-6-3-2-4-7-15/h2-4,6-7,10-12,18H,5,8-9,13H2,1H3,(H,21,23)/t18-/m0/s1. The van der Waals surface area contributed by atoms with Crippen molar-refractivity contribution in [2.75, 3.05) is 6.54 Å². The van der Waals surface area contributed by atoms with Crippen molar-refractivity contribution >= 4 is 0 Å². The summed E-state index contributed by atoms with van der Waals surface area (Å²) >= 11 is 0. The molecule has 122 valence electrons. The Morgan fingerprint density at radius 3 is 2.88 bits per heavy atom. The van der Waals surface area contributed by atoms with Gasteiger partial charge in [0.1, 0.15) is 0 Å². The number of hydrogen-bond donors (Lipinski definition) is 1. The molecule has 0 aliphatic carbocycles. The molecule has 1 atom stereocenters. The minimum Gasteiger partial charge on any atom is -0.290 e. The molecule has 5 heteroatoms.